The van der Waals surface area contributed by atoms with Crippen LogP contribution in [0.15, 0.2) is 168 Å². The molecule has 0 saturated heterocycles. The van der Waals surface area contributed by atoms with Crippen LogP contribution in [-0.2, 0) is 5.41 Å². The first-order valence-corrected chi connectivity index (χ1v) is 16.5. The predicted octanol–water partition coefficient (Wildman–Crippen LogP) is 12.4. The molecule has 0 saturated carbocycles. The van der Waals surface area contributed by atoms with E-state index in [2.05, 4.69) is 172 Å². The van der Waals surface area contributed by atoms with E-state index in [1.54, 1.807) is 0 Å². The summed E-state index contributed by atoms with van der Waals surface area (Å²) in [6.45, 7) is 4.74. The molecule has 7 aromatic carbocycles. The van der Waals surface area contributed by atoms with Gasteiger partial charge in [0.15, 0.2) is 0 Å². The summed E-state index contributed by atoms with van der Waals surface area (Å²) < 4.78 is 6.32. The van der Waals surface area contributed by atoms with Crippen LogP contribution in [0, 0.1) is 0 Å². The number of fused-ring (bicyclic) bond motifs is 6. The Labute approximate surface area is 275 Å². The standard InChI is InChI=1S/C46H34O/c1-46(2)41-27-36(25-26-37(41)39-29-44-40(28-42(39)46)38-15-9-10-16-43(38)47-44)45(34-21-17-32(18-22-34)30-11-5-3-6-12-30)35-23-19-33(20-24-35)31-13-7-4-8-14-31/h3-29,45H,1-2H3. The van der Waals surface area contributed by atoms with Crippen molar-refractivity contribution in [2.75, 3.05) is 0 Å². The number of rotatable bonds is 5. The van der Waals surface area contributed by atoms with E-state index < -0.39 is 0 Å². The van der Waals surface area contributed by atoms with E-state index in [0.717, 1.165) is 11.2 Å². The summed E-state index contributed by atoms with van der Waals surface area (Å²) in [5.74, 6) is 0.0923. The van der Waals surface area contributed by atoms with E-state index in [1.165, 1.54) is 72.0 Å². The molecule has 0 fully saturated rings. The second-order valence-corrected chi connectivity index (χ2v) is 13.3. The van der Waals surface area contributed by atoms with Crippen molar-refractivity contribution in [2.24, 2.45) is 0 Å². The van der Waals surface area contributed by atoms with Crippen LogP contribution in [0.25, 0.3) is 55.3 Å². The summed E-state index contributed by atoms with van der Waals surface area (Å²) in [5, 5.41) is 2.37. The van der Waals surface area contributed by atoms with Crippen LogP contribution >= 0.6 is 0 Å². The molecule has 0 unspecified atom stereocenters. The molecule has 0 bridgehead atoms. The zero-order chi connectivity index (χ0) is 31.5. The summed E-state index contributed by atoms with van der Waals surface area (Å²) in [4.78, 5) is 0. The van der Waals surface area contributed by atoms with Gasteiger partial charge in [-0.2, -0.15) is 0 Å². The van der Waals surface area contributed by atoms with Crippen molar-refractivity contribution < 1.29 is 4.42 Å². The zero-order valence-electron chi connectivity index (χ0n) is 26.6. The highest BCUT2D eigenvalue weighted by Gasteiger charge is 2.37. The molecule has 0 amide bonds. The number of hydrogen-bond donors (Lipinski definition) is 0. The Morgan fingerprint density at radius 2 is 0.915 bits per heavy atom. The highest BCUT2D eigenvalue weighted by molar-refractivity contribution is 6.07. The van der Waals surface area contributed by atoms with Gasteiger partial charge in [-0.05, 0) is 79.4 Å². The second kappa shape index (κ2) is 10.7. The summed E-state index contributed by atoms with van der Waals surface area (Å²) in [6.07, 6.45) is 0. The van der Waals surface area contributed by atoms with Gasteiger partial charge in [-0.15, -0.1) is 0 Å². The summed E-state index contributed by atoms with van der Waals surface area (Å²) >= 11 is 0. The molecule has 1 nitrogen and oxygen atoms in total. The quantitative estimate of drug-likeness (QED) is 0.179. The van der Waals surface area contributed by atoms with Gasteiger partial charge in [0.25, 0.3) is 0 Å². The van der Waals surface area contributed by atoms with Crippen LogP contribution in [0.1, 0.15) is 47.6 Å². The van der Waals surface area contributed by atoms with Crippen LogP contribution in [0.2, 0.25) is 0 Å². The topological polar surface area (TPSA) is 13.1 Å². The Morgan fingerprint density at radius 3 is 1.53 bits per heavy atom. The Hall–Kier alpha value is -5.66. The van der Waals surface area contributed by atoms with Crippen LogP contribution in [-0.4, -0.2) is 0 Å². The largest absolute Gasteiger partial charge is 0.456 e. The highest BCUT2D eigenvalue weighted by Crippen LogP contribution is 2.52. The molecule has 1 aliphatic rings. The van der Waals surface area contributed by atoms with Gasteiger partial charge in [0, 0.05) is 22.1 Å². The van der Waals surface area contributed by atoms with Gasteiger partial charge in [0.1, 0.15) is 11.2 Å². The van der Waals surface area contributed by atoms with Crippen molar-refractivity contribution in [1.29, 1.82) is 0 Å². The van der Waals surface area contributed by atoms with Crippen LogP contribution in [0.3, 0.4) is 0 Å². The number of benzene rings is 7. The minimum atomic E-state index is -0.147. The molecule has 0 spiro atoms. The summed E-state index contributed by atoms with van der Waals surface area (Å²) in [6, 6.07) is 59.7. The molecule has 1 heteroatoms. The normalized spacial score (nSPS) is 13.3. The van der Waals surface area contributed by atoms with Gasteiger partial charge < -0.3 is 4.42 Å². The highest BCUT2D eigenvalue weighted by atomic mass is 16.3. The molecule has 224 valence electrons. The third kappa shape index (κ3) is 4.54. The van der Waals surface area contributed by atoms with Gasteiger partial charge in [0.05, 0.1) is 0 Å². The monoisotopic (exact) mass is 602 g/mol. The Bertz CT molecular complexity index is 2310. The molecule has 1 aliphatic carbocycles. The SMILES string of the molecule is CC1(C)c2cc(C(c3ccc(-c4ccccc4)cc3)c3ccc(-c4ccccc4)cc3)ccc2-c2cc3oc4ccccc4c3cc21. The maximum absolute atomic E-state index is 6.32. The maximum Gasteiger partial charge on any atom is 0.136 e. The molecule has 1 heterocycles. The lowest BCUT2D eigenvalue weighted by Gasteiger charge is -2.25. The molecule has 8 aromatic rings. The third-order valence-electron chi connectivity index (χ3n) is 10.2. The molecule has 1 aromatic heterocycles. The zero-order valence-corrected chi connectivity index (χ0v) is 26.6. The Kier molecular flexibility index (Phi) is 6.30. The summed E-state index contributed by atoms with van der Waals surface area (Å²) in [5.41, 5.74) is 15.9. The van der Waals surface area contributed by atoms with Gasteiger partial charge in [-0.3, -0.25) is 0 Å². The van der Waals surface area contributed by atoms with Crippen molar-refractivity contribution in [2.45, 2.75) is 25.2 Å². The average Bonchev–Trinajstić information content (AvgIpc) is 3.60. The molecular formula is C46H34O. The molecule has 47 heavy (non-hydrogen) atoms. The first kappa shape index (κ1) is 27.6. The third-order valence-corrected chi connectivity index (χ3v) is 10.2. The first-order chi connectivity index (χ1) is 23.0. The minimum absolute atomic E-state index is 0.0923. The fourth-order valence-corrected chi connectivity index (χ4v) is 7.72. The Morgan fingerprint density at radius 1 is 0.404 bits per heavy atom. The van der Waals surface area contributed by atoms with Gasteiger partial charge in [0.2, 0.25) is 0 Å². The van der Waals surface area contributed by atoms with Crippen LogP contribution < -0.4 is 0 Å². The fourth-order valence-electron chi connectivity index (χ4n) is 7.72. The fraction of sp³-hybridized carbons (Fsp3) is 0.0870. The maximum atomic E-state index is 6.32. The molecule has 0 atom stereocenters. The Balaban J connectivity index is 1.17. The van der Waals surface area contributed by atoms with Crippen molar-refractivity contribution in [3.05, 3.63) is 192 Å². The number of para-hydroxylation sites is 1. The molecular weight excluding hydrogens is 569 g/mol. The summed E-state index contributed by atoms with van der Waals surface area (Å²) in [7, 11) is 0. The van der Waals surface area contributed by atoms with Crippen LogP contribution in [0.4, 0.5) is 0 Å². The van der Waals surface area contributed by atoms with Gasteiger partial charge in [-0.25, -0.2) is 0 Å². The number of furan rings is 1. The molecule has 0 N–H and O–H groups in total. The van der Waals surface area contributed by atoms with E-state index in [0.29, 0.717) is 0 Å². The van der Waals surface area contributed by atoms with E-state index in [1.807, 2.05) is 6.07 Å². The molecule has 0 radical (unpaired) electrons. The smallest absolute Gasteiger partial charge is 0.136 e. The van der Waals surface area contributed by atoms with Crippen molar-refractivity contribution in [3.63, 3.8) is 0 Å². The second-order valence-electron chi connectivity index (χ2n) is 13.3. The lowest BCUT2D eigenvalue weighted by Crippen LogP contribution is -2.16. The van der Waals surface area contributed by atoms with E-state index in [-0.39, 0.29) is 11.3 Å². The van der Waals surface area contributed by atoms with Crippen molar-refractivity contribution in [1.82, 2.24) is 0 Å². The minimum Gasteiger partial charge on any atom is -0.456 e. The van der Waals surface area contributed by atoms with E-state index in [4.69, 9.17) is 4.42 Å². The lowest BCUT2D eigenvalue weighted by molar-refractivity contribution is 0.656. The van der Waals surface area contributed by atoms with Crippen molar-refractivity contribution in [3.8, 4) is 33.4 Å². The molecule has 0 aliphatic heterocycles. The van der Waals surface area contributed by atoms with Gasteiger partial charge >= 0.3 is 0 Å². The van der Waals surface area contributed by atoms with E-state index >= 15 is 0 Å². The lowest BCUT2D eigenvalue weighted by atomic mass is 9.78. The predicted molar refractivity (Wildman–Crippen MR) is 196 cm³/mol. The average molecular weight is 603 g/mol. The van der Waals surface area contributed by atoms with Crippen LogP contribution in [0.5, 0.6) is 0 Å². The van der Waals surface area contributed by atoms with Gasteiger partial charge in [-0.1, -0.05) is 159 Å². The number of hydrogen-bond acceptors (Lipinski definition) is 1. The van der Waals surface area contributed by atoms with Crippen molar-refractivity contribution >= 4 is 21.9 Å². The molecule has 9 rings (SSSR count). The van der Waals surface area contributed by atoms with E-state index in [9.17, 15) is 0 Å². The first-order valence-electron chi connectivity index (χ1n) is 16.5.